The molecule has 160 valence electrons. The molecule has 0 aliphatic carbocycles. The molecule has 17 heteroatoms. The Hall–Kier alpha value is -1.22. The number of aromatic nitrogens is 2. The molecule has 2 rings (SSSR count). The van der Waals surface area contributed by atoms with Crippen LogP contribution in [-0.2, 0) is 18.4 Å². The van der Waals surface area contributed by atoms with Gasteiger partial charge in [-0.05, 0) is 6.07 Å². The van der Waals surface area contributed by atoms with E-state index in [2.05, 4.69) is 9.51 Å². The van der Waals surface area contributed by atoms with Crippen LogP contribution in [0.3, 0.4) is 0 Å². The molecule has 1 fully saturated rings. The molecule has 1 unspecified atom stereocenters. The summed E-state index contributed by atoms with van der Waals surface area (Å²) in [5.41, 5.74) is 4.68. The standard InChI is InChI=1S/C10H17N3O9P2.3H3N/c11-8-1-2-13(10(15)12-8)9-3-6(14)7(22-9)4-21-24(19,20)5-23(16,17)18;;;/h1-2,6-7,9,14H,3-5H2,(H,19,20)(H2,11,12,15)(H2,16,17,18);3*1H3/t6-,7+,9+;;;/m0.../s1. The van der Waals surface area contributed by atoms with E-state index < -0.39 is 51.8 Å². The maximum absolute atomic E-state index is 11.7. The Labute approximate surface area is 154 Å². The predicted molar refractivity (Wildman–Crippen MR) is 95.2 cm³/mol. The molecule has 0 spiro atoms. The quantitative estimate of drug-likeness (QED) is 0.256. The van der Waals surface area contributed by atoms with Crippen LogP contribution in [0.4, 0.5) is 5.82 Å². The van der Waals surface area contributed by atoms with Gasteiger partial charge in [0.15, 0.2) is 5.90 Å². The summed E-state index contributed by atoms with van der Waals surface area (Å²) in [5.74, 6) is -1.32. The van der Waals surface area contributed by atoms with Gasteiger partial charge in [-0.1, -0.05) is 0 Å². The van der Waals surface area contributed by atoms with Crippen LogP contribution >= 0.6 is 15.2 Å². The first kappa shape index (κ1) is 28.0. The highest BCUT2D eigenvalue weighted by atomic mass is 31.2. The van der Waals surface area contributed by atoms with Crippen molar-refractivity contribution in [3.05, 3.63) is 22.7 Å². The van der Waals surface area contributed by atoms with E-state index in [1.54, 1.807) is 0 Å². The highest BCUT2D eigenvalue weighted by molar-refractivity contribution is 7.70. The van der Waals surface area contributed by atoms with E-state index >= 15 is 0 Å². The summed E-state index contributed by atoms with van der Waals surface area (Å²) in [5, 5.41) is 9.91. The Morgan fingerprint density at radius 1 is 1.30 bits per heavy atom. The van der Waals surface area contributed by atoms with E-state index in [1.165, 1.54) is 12.3 Å². The molecule has 27 heavy (non-hydrogen) atoms. The SMILES string of the molecule is N.N.N.Nc1ccn([C@H]2C[C@H](O)[C@@H](COP(=O)(O)CP(=O)(O)O)O2)c(=O)n1. The molecule has 0 bridgehead atoms. The highest BCUT2D eigenvalue weighted by Gasteiger charge is 2.38. The van der Waals surface area contributed by atoms with Gasteiger partial charge in [0.05, 0.1) is 12.7 Å². The van der Waals surface area contributed by atoms with Crippen molar-refractivity contribution in [2.45, 2.75) is 24.9 Å². The van der Waals surface area contributed by atoms with Gasteiger partial charge in [0, 0.05) is 12.6 Å². The number of nitrogens with two attached hydrogens (primary N) is 1. The molecule has 1 aliphatic rings. The molecule has 0 saturated carbocycles. The Bertz CT molecular complexity index is 755. The normalized spacial score (nSPS) is 24.1. The molecule has 1 aromatic heterocycles. The van der Waals surface area contributed by atoms with E-state index in [0.29, 0.717) is 0 Å². The lowest BCUT2D eigenvalue weighted by Gasteiger charge is -2.18. The van der Waals surface area contributed by atoms with Crippen molar-refractivity contribution in [3.8, 4) is 0 Å². The number of nitrogens with zero attached hydrogens (tertiary/aromatic N) is 2. The molecule has 0 amide bonds. The van der Waals surface area contributed by atoms with Crippen molar-refractivity contribution in [2.75, 3.05) is 18.2 Å². The second-order valence-electron chi connectivity index (χ2n) is 5.21. The van der Waals surface area contributed by atoms with Gasteiger partial charge in [0.1, 0.15) is 18.1 Å². The average molecular weight is 436 g/mol. The Balaban J connectivity index is 0. The van der Waals surface area contributed by atoms with E-state index in [-0.39, 0.29) is 30.7 Å². The maximum atomic E-state index is 11.7. The third-order valence-corrected chi connectivity index (χ3v) is 6.63. The zero-order valence-electron chi connectivity index (χ0n) is 14.3. The smallest absolute Gasteiger partial charge is 0.351 e. The first-order chi connectivity index (χ1) is 11.0. The summed E-state index contributed by atoms with van der Waals surface area (Å²) in [6.45, 7) is -0.581. The third-order valence-electron chi connectivity index (χ3n) is 3.17. The first-order valence-corrected chi connectivity index (χ1v) is 10.2. The molecule has 1 saturated heterocycles. The highest BCUT2D eigenvalue weighted by Crippen LogP contribution is 2.55. The van der Waals surface area contributed by atoms with Gasteiger partial charge < -0.3 is 53.2 Å². The van der Waals surface area contributed by atoms with Crippen LogP contribution in [0.25, 0.3) is 0 Å². The molecule has 15 N–H and O–H groups in total. The second-order valence-corrected chi connectivity index (χ2v) is 9.21. The fourth-order valence-electron chi connectivity index (χ4n) is 2.14. The average Bonchev–Trinajstić information content (AvgIpc) is 2.75. The van der Waals surface area contributed by atoms with Crippen LogP contribution in [-0.4, -0.2) is 54.1 Å². The Kier molecular flexibility index (Phi) is 10.7. The topological polar surface area (TPSA) is 299 Å². The lowest BCUT2D eigenvalue weighted by molar-refractivity contribution is -0.0422. The summed E-state index contributed by atoms with van der Waals surface area (Å²) in [7, 11) is -9.29. The van der Waals surface area contributed by atoms with Gasteiger partial charge >= 0.3 is 20.9 Å². The van der Waals surface area contributed by atoms with Crippen LogP contribution in [0, 0.1) is 0 Å². The van der Waals surface area contributed by atoms with Crippen molar-refractivity contribution in [1.82, 2.24) is 28.0 Å². The molecule has 2 heterocycles. The number of anilines is 1. The molecule has 0 radical (unpaired) electrons. The van der Waals surface area contributed by atoms with Crippen molar-refractivity contribution in [3.63, 3.8) is 0 Å². The second kappa shape index (κ2) is 10.4. The maximum Gasteiger partial charge on any atom is 0.351 e. The Morgan fingerprint density at radius 2 is 1.89 bits per heavy atom. The summed E-state index contributed by atoms with van der Waals surface area (Å²) in [6.07, 6.45) is -1.73. The number of aliphatic hydroxyl groups excluding tert-OH is 1. The van der Waals surface area contributed by atoms with Crippen LogP contribution in [0.1, 0.15) is 12.6 Å². The van der Waals surface area contributed by atoms with E-state index in [0.717, 1.165) is 4.57 Å². The van der Waals surface area contributed by atoms with Crippen molar-refractivity contribution in [2.24, 2.45) is 0 Å². The van der Waals surface area contributed by atoms with Crippen LogP contribution in [0.2, 0.25) is 0 Å². The zero-order chi connectivity index (χ0) is 18.1. The number of hydrogen-bond donors (Lipinski definition) is 8. The lowest BCUT2D eigenvalue weighted by atomic mass is 10.2. The number of aliphatic hydroxyl groups is 1. The van der Waals surface area contributed by atoms with Gasteiger partial charge in [-0.25, -0.2) is 4.79 Å². The van der Waals surface area contributed by atoms with E-state index in [1.807, 2.05) is 0 Å². The number of hydrogen-bond acceptors (Lipinski definition) is 11. The molecule has 1 aliphatic heterocycles. The van der Waals surface area contributed by atoms with Crippen molar-refractivity contribution >= 4 is 21.0 Å². The zero-order valence-corrected chi connectivity index (χ0v) is 16.1. The minimum atomic E-state index is -4.74. The third kappa shape index (κ3) is 8.13. The molecular weight excluding hydrogens is 410 g/mol. The van der Waals surface area contributed by atoms with E-state index in [4.69, 9.17) is 20.3 Å². The van der Waals surface area contributed by atoms with Gasteiger partial charge in [0.25, 0.3) is 0 Å². The summed E-state index contributed by atoms with van der Waals surface area (Å²) in [4.78, 5) is 42.0. The van der Waals surface area contributed by atoms with Gasteiger partial charge in [0.2, 0.25) is 0 Å². The summed E-state index contributed by atoms with van der Waals surface area (Å²) in [6, 6.07) is 1.36. The van der Waals surface area contributed by atoms with Gasteiger partial charge in [-0.3, -0.25) is 13.7 Å². The monoisotopic (exact) mass is 436 g/mol. The number of ether oxygens (including phenoxy) is 1. The van der Waals surface area contributed by atoms with Gasteiger partial charge in [-0.2, -0.15) is 4.98 Å². The molecule has 1 aromatic rings. The fraction of sp³-hybridized carbons (Fsp3) is 0.600. The van der Waals surface area contributed by atoms with Crippen LogP contribution in [0.5, 0.6) is 0 Å². The lowest BCUT2D eigenvalue weighted by Crippen LogP contribution is -2.28. The van der Waals surface area contributed by atoms with E-state index in [9.17, 15) is 23.9 Å². The largest absolute Gasteiger partial charge is 0.390 e. The van der Waals surface area contributed by atoms with Crippen LogP contribution in [0.15, 0.2) is 17.1 Å². The molecule has 4 atom stereocenters. The van der Waals surface area contributed by atoms with Crippen molar-refractivity contribution < 1.29 is 38.2 Å². The molecule has 0 aromatic carbocycles. The number of nitrogen functional groups attached to an aromatic ring is 1. The summed E-state index contributed by atoms with van der Waals surface area (Å²) >= 11 is 0. The summed E-state index contributed by atoms with van der Waals surface area (Å²) < 4.78 is 33.4. The Morgan fingerprint density at radius 3 is 2.41 bits per heavy atom. The van der Waals surface area contributed by atoms with Crippen molar-refractivity contribution in [1.29, 1.82) is 0 Å². The van der Waals surface area contributed by atoms with Crippen LogP contribution < -0.4 is 29.9 Å². The minimum Gasteiger partial charge on any atom is -0.390 e. The fourth-order valence-corrected chi connectivity index (χ4v) is 4.71. The molecule has 15 nitrogen and oxygen atoms in total. The predicted octanol–water partition coefficient (Wildman–Crippen LogP) is -0.703. The number of rotatable bonds is 6. The first-order valence-electron chi connectivity index (χ1n) is 6.66. The minimum absolute atomic E-state index is 0. The van der Waals surface area contributed by atoms with Gasteiger partial charge in [-0.15, -0.1) is 0 Å². The molecular formula is C10H26N6O9P2.